The Kier molecular flexibility index (Phi) is 21.7. The van der Waals surface area contributed by atoms with E-state index in [4.69, 9.17) is 0 Å². The third kappa shape index (κ3) is 14.0. The van der Waals surface area contributed by atoms with Gasteiger partial charge in [-0.25, -0.2) is 0 Å². The van der Waals surface area contributed by atoms with Crippen molar-refractivity contribution in [3.8, 4) is 0 Å². The molecule has 0 aromatic rings. The van der Waals surface area contributed by atoms with Crippen molar-refractivity contribution in [1.82, 2.24) is 0 Å². The molecule has 0 unspecified atom stereocenters. The molecule has 0 spiro atoms. The number of hydrogen-bond acceptors (Lipinski definition) is 0. The zero-order valence-corrected chi connectivity index (χ0v) is 13.2. The van der Waals surface area contributed by atoms with Gasteiger partial charge in [0.25, 0.3) is 0 Å². The largest absolute Gasteiger partial charge is 0.412 e. The molecule has 2 heteroatoms. The van der Waals surface area contributed by atoms with Gasteiger partial charge in [-0.05, 0) is 11.8 Å². The van der Waals surface area contributed by atoms with Crippen molar-refractivity contribution in [3.05, 3.63) is 0 Å². The highest BCUT2D eigenvalue weighted by molar-refractivity contribution is 4.65. The molecule has 18 heavy (non-hydrogen) atoms. The minimum absolute atomic E-state index is 0. The molecule has 4 N–H and O–H groups in total. The van der Waals surface area contributed by atoms with Crippen LogP contribution < -0.4 is 0 Å². The third-order valence-electron chi connectivity index (χ3n) is 3.80. The normalized spacial score (nSPS) is 26.0. The summed E-state index contributed by atoms with van der Waals surface area (Å²) in [4.78, 5) is 0. The lowest BCUT2D eigenvalue weighted by atomic mass is 9.84. The van der Waals surface area contributed by atoms with Crippen molar-refractivity contribution in [2.45, 2.75) is 91.9 Å². The van der Waals surface area contributed by atoms with Gasteiger partial charge in [0.15, 0.2) is 0 Å². The molecule has 0 amide bonds. The minimum Gasteiger partial charge on any atom is -0.412 e. The number of rotatable bonds is 0. The molecule has 0 atom stereocenters. The summed E-state index contributed by atoms with van der Waals surface area (Å²) in [7, 11) is 0. The van der Waals surface area contributed by atoms with E-state index in [-0.39, 0.29) is 11.0 Å². The monoisotopic (exact) mass is 262 g/mol. The Labute approximate surface area is 115 Å². The fourth-order valence-corrected chi connectivity index (χ4v) is 2.49. The summed E-state index contributed by atoms with van der Waals surface area (Å²) in [6.45, 7) is 8.73. The lowest BCUT2D eigenvalue weighted by Gasteiger charge is -2.22. The van der Waals surface area contributed by atoms with Gasteiger partial charge in [0.1, 0.15) is 0 Å². The van der Waals surface area contributed by atoms with Gasteiger partial charge in [-0.15, -0.1) is 0 Å². The van der Waals surface area contributed by atoms with E-state index in [1.54, 1.807) is 0 Å². The Morgan fingerprint density at radius 1 is 0.500 bits per heavy atom. The molecule has 0 saturated heterocycles. The van der Waals surface area contributed by atoms with E-state index in [9.17, 15) is 0 Å². The second-order valence-corrected chi connectivity index (χ2v) is 5.49. The highest BCUT2D eigenvalue weighted by Crippen LogP contribution is 2.27. The van der Waals surface area contributed by atoms with Gasteiger partial charge < -0.3 is 11.0 Å². The van der Waals surface area contributed by atoms with Gasteiger partial charge in [-0.2, -0.15) is 0 Å². The summed E-state index contributed by atoms with van der Waals surface area (Å²) in [6.07, 6.45) is 14.9. The molecule has 0 bridgehead atoms. The van der Waals surface area contributed by atoms with E-state index in [1.807, 2.05) is 13.8 Å². The number of hydrogen-bond donors (Lipinski definition) is 0. The SMILES string of the molecule is C1CCCCC1.CC.CC1CCC(C)CC1.O.O. The second-order valence-electron chi connectivity index (χ2n) is 5.49. The molecule has 2 rings (SSSR count). The highest BCUT2D eigenvalue weighted by atomic mass is 16.0. The maximum atomic E-state index is 2.37. The van der Waals surface area contributed by atoms with Crippen LogP contribution in [0, 0.1) is 11.8 Å². The molecule has 0 aliphatic heterocycles. The van der Waals surface area contributed by atoms with Crippen LogP contribution in [0.4, 0.5) is 0 Å². The molecule has 0 aromatic heterocycles. The van der Waals surface area contributed by atoms with Crippen molar-refractivity contribution in [2.24, 2.45) is 11.8 Å². The van der Waals surface area contributed by atoms with Crippen LogP contribution in [0.25, 0.3) is 0 Å². The van der Waals surface area contributed by atoms with Crippen LogP contribution in [-0.4, -0.2) is 11.0 Å². The fourth-order valence-electron chi connectivity index (χ4n) is 2.49. The second kappa shape index (κ2) is 16.9. The molecule has 2 aliphatic rings. The topological polar surface area (TPSA) is 63.0 Å². The predicted molar refractivity (Wildman–Crippen MR) is 83.1 cm³/mol. The van der Waals surface area contributed by atoms with Gasteiger partial charge in [-0.3, -0.25) is 0 Å². The van der Waals surface area contributed by atoms with E-state index in [2.05, 4.69) is 13.8 Å². The quantitative estimate of drug-likeness (QED) is 0.615. The summed E-state index contributed by atoms with van der Waals surface area (Å²) in [5.74, 6) is 2.04. The van der Waals surface area contributed by atoms with Crippen LogP contribution in [0.2, 0.25) is 0 Å². The molecule has 0 aromatic carbocycles. The molecule has 0 radical (unpaired) electrons. The predicted octanol–water partition coefficient (Wildman–Crippen LogP) is 4.55. The highest BCUT2D eigenvalue weighted by Gasteiger charge is 2.13. The summed E-state index contributed by atoms with van der Waals surface area (Å²) in [5, 5.41) is 0. The Balaban J connectivity index is -0.000000204. The molecule has 0 heterocycles. The maximum Gasteiger partial charge on any atom is -0.0443 e. The zero-order chi connectivity index (χ0) is 12.2. The molecule has 2 nitrogen and oxygen atoms in total. The van der Waals surface area contributed by atoms with E-state index < -0.39 is 0 Å². The molecule has 2 fully saturated rings. The smallest absolute Gasteiger partial charge is 0.0443 e. The first-order valence-corrected chi connectivity index (χ1v) is 7.79. The zero-order valence-electron chi connectivity index (χ0n) is 13.2. The summed E-state index contributed by atoms with van der Waals surface area (Å²) in [5.41, 5.74) is 0. The first-order valence-electron chi connectivity index (χ1n) is 7.79. The molecular formula is C16H38O2. The Hall–Kier alpha value is -0.0800. The van der Waals surface area contributed by atoms with Gasteiger partial charge >= 0.3 is 0 Å². The van der Waals surface area contributed by atoms with Gasteiger partial charge in [-0.1, -0.05) is 91.9 Å². The average Bonchev–Trinajstić information content (AvgIpc) is 2.38. The Morgan fingerprint density at radius 2 is 0.667 bits per heavy atom. The Bertz CT molecular complexity index is 104. The van der Waals surface area contributed by atoms with Gasteiger partial charge in [0.05, 0.1) is 0 Å². The first kappa shape index (κ1) is 23.0. The van der Waals surface area contributed by atoms with Crippen LogP contribution in [0.3, 0.4) is 0 Å². The van der Waals surface area contributed by atoms with Crippen LogP contribution in [0.5, 0.6) is 0 Å². The van der Waals surface area contributed by atoms with E-state index >= 15 is 0 Å². The van der Waals surface area contributed by atoms with Crippen LogP contribution in [0.1, 0.15) is 91.9 Å². The van der Waals surface area contributed by atoms with E-state index in [1.165, 1.54) is 64.2 Å². The minimum atomic E-state index is 0. The van der Waals surface area contributed by atoms with Crippen molar-refractivity contribution in [1.29, 1.82) is 0 Å². The standard InChI is InChI=1S/C8H16.C6H12.C2H6.2H2O/c1-7-3-5-8(2)6-4-7;1-2-4-6-5-3-1;1-2;;/h7-8H,3-6H2,1-2H3;1-6H2;1-2H3;2*1H2. The average molecular weight is 262 g/mol. The van der Waals surface area contributed by atoms with Gasteiger partial charge in [0, 0.05) is 0 Å². The molecular weight excluding hydrogens is 224 g/mol. The molecule has 2 aliphatic carbocycles. The fraction of sp³-hybridized carbons (Fsp3) is 1.00. The lowest BCUT2D eigenvalue weighted by molar-refractivity contribution is 0.308. The van der Waals surface area contributed by atoms with E-state index in [0.717, 1.165) is 11.8 Å². The van der Waals surface area contributed by atoms with E-state index in [0.29, 0.717) is 0 Å². The first-order chi connectivity index (χ1) is 7.79. The van der Waals surface area contributed by atoms with Crippen molar-refractivity contribution in [2.75, 3.05) is 0 Å². The third-order valence-corrected chi connectivity index (χ3v) is 3.80. The van der Waals surface area contributed by atoms with Crippen LogP contribution >= 0.6 is 0 Å². The summed E-state index contributed by atoms with van der Waals surface area (Å²) >= 11 is 0. The van der Waals surface area contributed by atoms with Crippen molar-refractivity contribution in [3.63, 3.8) is 0 Å². The summed E-state index contributed by atoms with van der Waals surface area (Å²) in [6, 6.07) is 0. The summed E-state index contributed by atoms with van der Waals surface area (Å²) < 4.78 is 0. The van der Waals surface area contributed by atoms with Crippen LogP contribution in [-0.2, 0) is 0 Å². The Morgan fingerprint density at radius 3 is 0.833 bits per heavy atom. The lowest BCUT2D eigenvalue weighted by Crippen LogP contribution is -2.08. The molecule has 2 saturated carbocycles. The van der Waals surface area contributed by atoms with Crippen LogP contribution in [0.15, 0.2) is 0 Å². The van der Waals surface area contributed by atoms with Gasteiger partial charge in [0.2, 0.25) is 0 Å². The van der Waals surface area contributed by atoms with Crippen molar-refractivity contribution < 1.29 is 11.0 Å². The maximum absolute atomic E-state index is 2.37. The molecule has 114 valence electrons. The van der Waals surface area contributed by atoms with Crippen molar-refractivity contribution >= 4 is 0 Å².